The van der Waals surface area contributed by atoms with E-state index in [2.05, 4.69) is 38.1 Å². The molecule has 0 radical (unpaired) electrons. The maximum atomic E-state index is 12.3. The monoisotopic (exact) mass is 584 g/mol. The number of aromatic nitrogens is 2. The van der Waals surface area contributed by atoms with Gasteiger partial charge in [-0.1, -0.05) is 41.9 Å². The van der Waals surface area contributed by atoms with Crippen LogP contribution in [-0.2, 0) is 11.2 Å². The van der Waals surface area contributed by atoms with E-state index in [-0.39, 0.29) is 28.4 Å². The van der Waals surface area contributed by atoms with Crippen molar-refractivity contribution in [3.8, 4) is 5.75 Å². The molecule has 0 bridgehead atoms. The third-order valence-corrected chi connectivity index (χ3v) is 6.03. The van der Waals surface area contributed by atoms with Crippen LogP contribution >= 0.6 is 11.6 Å². The lowest BCUT2D eigenvalue weighted by atomic mass is 9.99. The Kier molecular flexibility index (Phi) is 10.9. The molecule has 0 fully saturated rings. The number of carbonyl (C=O) groups excluding carboxylic acids is 2. The zero-order valence-corrected chi connectivity index (χ0v) is 24.2. The number of hydrogen-bond donors (Lipinski definition) is 6. The Morgan fingerprint density at radius 2 is 1.66 bits per heavy atom. The number of rotatable bonds is 11. The van der Waals surface area contributed by atoms with Crippen molar-refractivity contribution in [1.29, 1.82) is 5.41 Å². The average molecular weight is 585 g/mol. The number of nitrogens with two attached hydrogens (primary N) is 2. The van der Waals surface area contributed by atoms with E-state index in [9.17, 15) is 9.59 Å². The number of ether oxygens (including phenoxy) is 2. The summed E-state index contributed by atoms with van der Waals surface area (Å²) in [4.78, 5) is 31.7. The number of guanidine groups is 1. The number of benzene rings is 2. The van der Waals surface area contributed by atoms with Crippen LogP contribution in [0.3, 0.4) is 0 Å². The van der Waals surface area contributed by atoms with Crippen molar-refractivity contribution in [3.63, 3.8) is 0 Å². The van der Waals surface area contributed by atoms with Gasteiger partial charge >= 0.3 is 6.09 Å². The Bertz CT molecular complexity index is 1390. The van der Waals surface area contributed by atoms with E-state index in [0.29, 0.717) is 26.1 Å². The van der Waals surface area contributed by atoms with E-state index < -0.39 is 17.6 Å². The fraction of sp³-hybridized carbons (Fsp3) is 0.393. The van der Waals surface area contributed by atoms with Crippen LogP contribution in [0.5, 0.6) is 5.75 Å². The van der Waals surface area contributed by atoms with Crippen LogP contribution in [0.1, 0.15) is 56.1 Å². The molecule has 0 aliphatic heterocycles. The van der Waals surface area contributed by atoms with E-state index in [1.54, 1.807) is 0 Å². The number of anilines is 2. The second kappa shape index (κ2) is 14.4. The Morgan fingerprint density at radius 1 is 0.951 bits per heavy atom. The summed E-state index contributed by atoms with van der Waals surface area (Å²) in [5.74, 6) is -0.343. The molecule has 0 saturated heterocycles. The highest BCUT2D eigenvalue weighted by Crippen LogP contribution is 2.29. The smallest absolute Gasteiger partial charge is 0.407 e. The molecule has 0 aliphatic carbocycles. The summed E-state index contributed by atoms with van der Waals surface area (Å²) in [5.41, 5.74) is 11.7. The molecule has 1 aromatic heterocycles. The van der Waals surface area contributed by atoms with E-state index in [1.165, 1.54) is 5.56 Å². The minimum Gasteiger partial charge on any atom is -0.493 e. The quantitative estimate of drug-likeness (QED) is 0.110. The number of nitrogens with zero attached hydrogens (tertiary/aromatic N) is 2. The van der Waals surface area contributed by atoms with Crippen LogP contribution in [0, 0.1) is 5.41 Å². The number of amides is 2. The van der Waals surface area contributed by atoms with Gasteiger partial charge in [-0.3, -0.25) is 15.5 Å². The molecule has 0 spiro atoms. The zero-order chi connectivity index (χ0) is 30.0. The van der Waals surface area contributed by atoms with Gasteiger partial charge in [-0.05, 0) is 63.5 Å². The van der Waals surface area contributed by atoms with E-state index in [4.69, 9.17) is 38.0 Å². The highest BCUT2D eigenvalue weighted by atomic mass is 35.5. The molecule has 220 valence electrons. The molecular weight excluding hydrogens is 548 g/mol. The number of alkyl carbamates (subject to hydrolysis) is 1. The van der Waals surface area contributed by atoms with Gasteiger partial charge in [-0.2, -0.15) is 0 Å². The van der Waals surface area contributed by atoms with E-state index in [1.807, 2.05) is 45.0 Å². The number of nitrogens with one attached hydrogen (secondary N) is 4. The topological polar surface area (TPSA) is 190 Å². The molecule has 0 saturated carbocycles. The highest BCUT2D eigenvalue weighted by Gasteiger charge is 2.17. The summed E-state index contributed by atoms with van der Waals surface area (Å²) in [6, 6.07) is 12.1. The van der Waals surface area contributed by atoms with Crippen molar-refractivity contribution in [2.75, 3.05) is 31.2 Å². The van der Waals surface area contributed by atoms with Gasteiger partial charge in [0.1, 0.15) is 11.4 Å². The number of hydrogen-bond acceptors (Lipinski definition) is 9. The van der Waals surface area contributed by atoms with Gasteiger partial charge in [-0.15, -0.1) is 0 Å². The molecule has 1 heterocycles. The second-order valence-electron chi connectivity index (χ2n) is 10.2. The van der Waals surface area contributed by atoms with Gasteiger partial charge in [0.15, 0.2) is 28.4 Å². The van der Waals surface area contributed by atoms with Gasteiger partial charge in [0.25, 0.3) is 5.91 Å². The normalized spacial score (nSPS) is 11.1. The maximum Gasteiger partial charge on any atom is 0.407 e. The molecule has 41 heavy (non-hydrogen) atoms. The van der Waals surface area contributed by atoms with Crippen LogP contribution in [0.4, 0.5) is 16.4 Å². The van der Waals surface area contributed by atoms with Gasteiger partial charge in [-0.25, -0.2) is 14.8 Å². The standard InChI is InChI=1S/C28H37ClN8O4/c1-28(2,3)41-27(39)34-15-8-16-40-20-13-12-17(18-10-4-5-11-19(18)20)9-6-7-14-33-26(32)37-25(38)21-23(30)36-24(31)22(29)35-21/h4-5,10-13H,6-9,14-16H2,1-3H3,(H,34,39)(H4,30,31,36)(H3,32,33,37,38). The first-order chi connectivity index (χ1) is 19.4. The number of unbranched alkanes of at least 4 members (excludes halogenated alkanes) is 1. The highest BCUT2D eigenvalue weighted by molar-refractivity contribution is 6.31. The fourth-order valence-electron chi connectivity index (χ4n) is 3.92. The lowest BCUT2D eigenvalue weighted by Crippen LogP contribution is -2.41. The predicted octanol–water partition coefficient (Wildman–Crippen LogP) is 4.02. The minimum atomic E-state index is -0.706. The van der Waals surface area contributed by atoms with Crippen LogP contribution in [0.2, 0.25) is 5.15 Å². The summed E-state index contributed by atoms with van der Waals surface area (Å²) in [6.45, 7) is 6.87. The largest absolute Gasteiger partial charge is 0.493 e. The fourth-order valence-corrected chi connectivity index (χ4v) is 4.04. The van der Waals surface area contributed by atoms with Crippen molar-refractivity contribution < 1.29 is 19.1 Å². The molecule has 0 unspecified atom stereocenters. The van der Waals surface area contributed by atoms with Crippen molar-refractivity contribution in [1.82, 2.24) is 25.9 Å². The SMILES string of the molecule is CC(C)(C)OC(=O)NCCCOc1ccc(CCCCNC(=N)NC(=O)c2nc(Cl)c(N)nc2N)c2ccccc12. The number of fused-ring (bicyclic) bond motifs is 1. The van der Waals surface area contributed by atoms with Crippen molar-refractivity contribution in [3.05, 3.63) is 52.8 Å². The number of aryl methyl sites for hydroxylation is 1. The molecule has 2 aromatic carbocycles. The van der Waals surface area contributed by atoms with Crippen LogP contribution in [0.25, 0.3) is 10.8 Å². The summed E-state index contributed by atoms with van der Waals surface area (Å²) >= 11 is 5.81. The molecular formula is C28H37ClN8O4. The lowest BCUT2D eigenvalue weighted by Gasteiger charge is -2.19. The third-order valence-electron chi connectivity index (χ3n) is 5.75. The van der Waals surface area contributed by atoms with Gasteiger partial charge < -0.3 is 31.6 Å². The zero-order valence-electron chi connectivity index (χ0n) is 23.5. The first-order valence-corrected chi connectivity index (χ1v) is 13.6. The predicted molar refractivity (Wildman–Crippen MR) is 160 cm³/mol. The van der Waals surface area contributed by atoms with Gasteiger partial charge in [0.2, 0.25) is 0 Å². The van der Waals surface area contributed by atoms with Crippen molar-refractivity contribution in [2.24, 2.45) is 0 Å². The first-order valence-electron chi connectivity index (χ1n) is 13.3. The Morgan fingerprint density at radius 3 is 2.39 bits per heavy atom. The number of nitrogen functional groups attached to an aromatic ring is 2. The summed E-state index contributed by atoms with van der Waals surface area (Å²) in [7, 11) is 0. The third kappa shape index (κ3) is 9.67. The Hall–Kier alpha value is -4.32. The summed E-state index contributed by atoms with van der Waals surface area (Å²) in [5, 5.41) is 17.9. The minimum absolute atomic E-state index is 0.0754. The molecule has 3 rings (SSSR count). The van der Waals surface area contributed by atoms with E-state index >= 15 is 0 Å². The van der Waals surface area contributed by atoms with Crippen LogP contribution in [0.15, 0.2) is 36.4 Å². The number of halogens is 1. The molecule has 13 heteroatoms. The molecule has 8 N–H and O–H groups in total. The molecule has 2 amide bonds. The molecule has 0 atom stereocenters. The van der Waals surface area contributed by atoms with E-state index in [0.717, 1.165) is 35.8 Å². The first kappa shape index (κ1) is 31.2. The maximum absolute atomic E-state index is 12.3. The van der Waals surface area contributed by atoms with Crippen LogP contribution < -0.4 is 32.2 Å². The molecule has 0 aliphatic rings. The molecule has 3 aromatic rings. The van der Waals surface area contributed by atoms with Crippen molar-refractivity contribution in [2.45, 2.75) is 52.1 Å². The number of carbonyl (C=O) groups is 2. The molecule has 12 nitrogen and oxygen atoms in total. The Labute approximate surface area is 244 Å². The average Bonchev–Trinajstić information content (AvgIpc) is 2.90. The Balaban J connectivity index is 1.43. The van der Waals surface area contributed by atoms with Gasteiger partial charge in [0, 0.05) is 18.5 Å². The van der Waals surface area contributed by atoms with Gasteiger partial charge in [0.05, 0.1) is 6.61 Å². The lowest BCUT2D eigenvalue weighted by molar-refractivity contribution is 0.0525. The second-order valence-corrected chi connectivity index (χ2v) is 10.6. The summed E-state index contributed by atoms with van der Waals surface area (Å²) < 4.78 is 11.3. The van der Waals surface area contributed by atoms with Crippen LogP contribution in [-0.4, -0.2) is 53.2 Å². The summed E-state index contributed by atoms with van der Waals surface area (Å²) in [6.07, 6.45) is 2.67. The van der Waals surface area contributed by atoms with Crippen molar-refractivity contribution >= 4 is 52.0 Å².